The number of carbonyl (C=O) groups is 1. The van der Waals surface area contributed by atoms with E-state index < -0.39 is 0 Å². The molecule has 4 nitrogen and oxygen atoms in total. The van der Waals surface area contributed by atoms with Gasteiger partial charge in [-0.3, -0.25) is 15.1 Å². The van der Waals surface area contributed by atoms with E-state index in [1.54, 1.807) is 11.3 Å². The van der Waals surface area contributed by atoms with E-state index >= 15 is 0 Å². The lowest BCUT2D eigenvalue weighted by Gasteiger charge is -2.31. The van der Waals surface area contributed by atoms with Gasteiger partial charge in [-0.15, -0.1) is 11.3 Å². The zero-order chi connectivity index (χ0) is 12.8. The monoisotopic (exact) mass is 255 g/mol. The summed E-state index contributed by atoms with van der Waals surface area (Å²) in [5.74, 6) is 5.12. The Bertz CT molecular complexity index is 340. The molecule has 1 aromatic rings. The molecule has 2 unspecified atom stereocenters. The van der Waals surface area contributed by atoms with Gasteiger partial charge < -0.3 is 0 Å². The van der Waals surface area contributed by atoms with Crippen LogP contribution in [0, 0.1) is 0 Å². The van der Waals surface area contributed by atoms with E-state index in [9.17, 15) is 4.79 Å². The maximum atomic E-state index is 11.7. The van der Waals surface area contributed by atoms with Crippen molar-refractivity contribution in [2.45, 2.75) is 38.8 Å². The lowest BCUT2D eigenvalue weighted by Crippen LogP contribution is -2.48. The highest BCUT2D eigenvalue weighted by Gasteiger charge is 2.26. The standard InChI is InChI=1S/C12H21N3OS/c1-4-6-10(12(16)14-13)15(3)9(2)11-7-5-8-17-11/h5,7-10H,4,6,13H2,1-3H3,(H,14,16). The molecular weight excluding hydrogens is 234 g/mol. The Morgan fingerprint density at radius 1 is 1.65 bits per heavy atom. The number of nitrogens with two attached hydrogens (primary N) is 1. The third kappa shape index (κ3) is 3.52. The minimum atomic E-state index is -0.165. The quantitative estimate of drug-likeness (QED) is 0.464. The van der Waals surface area contributed by atoms with Crippen molar-refractivity contribution < 1.29 is 4.79 Å². The first-order valence-electron chi connectivity index (χ1n) is 5.87. The maximum Gasteiger partial charge on any atom is 0.251 e. The van der Waals surface area contributed by atoms with Crippen LogP contribution in [0.3, 0.4) is 0 Å². The average molecular weight is 255 g/mol. The first-order chi connectivity index (χ1) is 8.11. The molecule has 0 bridgehead atoms. The van der Waals surface area contributed by atoms with E-state index in [0.717, 1.165) is 12.8 Å². The second-order valence-corrected chi connectivity index (χ2v) is 5.15. The Morgan fingerprint density at radius 2 is 2.35 bits per heavy atom. The molecule has 1 amide bonds. The van der Waals surface area contributed by atoms with E-state index in [0.29, 0.717) is 0 Å². The molecule has 0 saturated carbocycles. The first-order valence-corrected chi connectivity index (χ1v) is 6.75. The van der Waals surface area contributed by atoms with Crippen LogP contribution < -0.4 is 11.3 Å². The van der Waals surface area contributed by atoms with Crippen LogP contribution in [0.2, 0.25) is 0 Å². The molecular formula is C12H21N3OS. The fourth-order valence-corrected chi connectivity index (χ4v) is 2.72. The van der Waals surface area contributed by atoms with Crippen LogP contribution in [0.25, 0.3) is 0 Å². The van der Waals surface area contributed by atoms with Crippen LogP contribution in [0.4, 0.5) is 0 Å². The lowest BCUT2D eigenvalue weighted by molar-refractivity contribution is -0.127. The van der Waals surface area contributed by atoms with Gasteiger partial charge in [-0.05, 0) is 31.8 Å². The number of hydrogen-bond donors (Lipinski definition) is 2. The molecule has 0 saturated heterocycles. The Kier molecular flexibility index (Phi) is 5.61. The molecule has 17 heavy (non-hydrogen) atoms. The minimum Gasteiger partial charge on any atom is -0.293 e. The Morgan fingerprint density at radius 3 is 2.82 bits per heavy atom. The summed E-state index contributed by atoms with van der Waals surface area (Å²) >= 11 is 1.71. The predicted octanol–water partition coefficient (Wildman–Crippen LogP) is 1.90. The zero-order valence-corrected chi connectivity index (χ0v) is 11.5. The molecule has 1 rings (SSSR count). The number of hydrogen-bond acceptors (Lipinski definition) is 4. The van der Waals surface area contributed by atoms with Crippen molar-refractivity contribution in [3.8, 4) is 0 Å². The smallest absolute Gasteiger partial charge is 0.251 e. The molecule has 1 aromatic heterocycles. The van der Waals surface area contributed by atoms with Gasteiger partial charge in [-0.2, -0.15) is 0 Å². The molecule has 0 aliphatic heterocycles. The van der Waals surface area contributed by atoms with Crippen LogP contribution in [0.15, 0.2) is 17.5 Å². The fraction of sp³-hybridized carbons (Fsp3) is 0.583. The summed E-state index contributed by atoms with van der Waals surface area (Å²) in [6.45, 7) is 4.18. The molecule has 2 atom stereocenters. The average Bonchev–Trinajstić information content (AvgIpc) is 2.87. The number of nitrogens with one attached hydrogen (secondary N) is 1. The van der Waals surface area contributed by atoms with E-state index in [4.69, 9.17) is 5.84 Å². The molecule has 0 fully saturated rings. The van der Waals surface area contributed by atoms with Gasteiger partial charge in [-0.25, -0.2) is 5.84 Å². The van der Waals surface area contributed by atoms with E-state index in [1.807, 2.05) is 13.1 Å². The summed E-state index contributed by atoms with van der Waals surface area (Å²) in [5.41, 5.74) is 2.25. The topological polar surface area (TPSA) is 58.4 Å². The normalized spacial score (nSPS) is 14.6. The summed E-state index contributed by atoms with van der Waals surface area (Å²) in [6, 6.07) is 4.18. The van der Waals surface area contributed by atoms with Gasteiger partial charge in [0, 0.05) is 10.9 Å². The van der Waals surface area contributed by atoms with Gasteiger partial charge in [0.15, 0.2) is 0 Å². The van der Waals surface area contributed by atoms with Crippen molar-refractivity contribution in [3.63, 3.8) is 0 Å². The third-order valence-corrected chi connectivity index (χ3v) is 4.11. The van der Waals surface area contributed by atoms with Crippen molar-refractivity contribution in [1.29, 1.82) is 0 Å². The SMILES string of the molecule is CCCC(C(=O)NN)N(C)C(C)c1cccs1. The van der Waals surface area contributed by atoms with Crippen molar-refractivity contribution in [2.24, 2.45) is 5.84 Å². The predicted molar refractivity (Wildman–Crippen MR) is 71.5 cm³/mol. The zero-order valence-electron chi connectivity index (χ0n) is 10.6. The summed E-state index contributed by atoms with van der Waals surface area (Å²) < 4.78 is 0. The molecule has 3 N–H and O–H groups in total. The number of amides is 1. The Hall–Kier alpha value is -0.910. The molecule has 96 valence electrons. The first kappa shape index (κ1) is 14.2. The highest BCUT2D eigenvalue weighted by atomic mass is 32.1. The van der Waals surface area contributed by atoms with E-state index in [2.05, 4.69) is 35.6 Å². The molecule has 5 heteroatoms. The van der Waals surface area contributed by atoms with Crippen LogP contribution in [0.5, 0.6) is 0 Å². The number of likely N-dealkylation sites (N-methyl/N-ethyl adjacent to an activating group) is 1. The largest absolute Gasteiger partial charge is 0.293 e. The summed E-state index contributed by atoms with van der Waals surface area (Å²) in [4.78, 5) is 15.1. The van der Waals surface area contributed by atoms with Crippen LogP contribution in [-0.4, -0.2) is 23.9 Å². The number of nitrogens with zero attached hydrogens (tertiary/aromatic N) is 1. The van der Waals surface area contributed by atoms with Crippen LogP contribution in [0.1, 0.15) is 37.6 Å². The van der Waals surface area contributed by atoms with Gasteiger partial charge in [0.1, 0.15) is 0 Å². The van der Waals surface area contributed by atoms with Gasteiger partial charge >= 0.3 is 0 Å². The van der Waals surface area contributed by atoms with Gasteiger partial charge in [0.25, 0.3) is 5.91 Å². The lowest BCUT2D eigenvalue weighted by atomic mass is 10.1. The highest BCUT2D eigenvalue weighted by molar-refractivity contribution is 7.10. The van der Waals surface area contributed by atoms with Gasteiger partial charge in [0.2, 0.25) is 0 Å². The molecule has 0 aromatic carbocycles. The summed E-state index contributed by atoms with van der Waals surface area (Å²) in [6.07, 6.45) is 1.77. The van der Waals surface area contributed by atoms with Gasteiger partial charge in [-0.1, -0.05) is 19.4 Å². The number of thiophene rings is 1. The van der Waals surface area contributed by atoms with Crippen molar-refractivity contribution in [1.82, 2.24) is 10.3 Å². The second kappa shape index (κ2) is 6.74. The highest BCUT2D eigenvalue weighted by Crippen LogP contribution is 2.26. The molecule has 0 aliphatic rings. The summed E-state index contributed by atoms with van der Waals surface area (Å²) in [5, 5.41) is 2.05. The van der Waals surface area contributed by atoms with E-state index in [1.165, 1.54) is 4.88 Å². The van der Waals surface area contributed by atoms with Crippen LogP contribution in [-0.2, 0) is 4.79 Å². The molecule has 0 spiro atoms. The number of carbonyl (C=O) groups excluding carboxylic acids is 1. The second-order valence-electron chi connectivity index (χ2n) is 4.17. The molecule has 0 aliphatic carbocycles. The van der Waals surface area contributed by atoms with Gasteiger partial charge in [0.05, 0.1) is 6.04 Å². The number of rotatable bonds is 6. The number of hydrazine groups is 1. The minimum absolute atomic E-state index is 0.113. The fourth-order valence-electron chi connectivity index (χ4n) is 1.89. The Labute approximate surface area is 107 Å². The van der Waals surface area contributed by atoms with Crippen molar-refractivity contribution in [3.05, 3.63) is 22.4 Å². The Balaban J connectivity index is 2.76. The van der Waals surface area contributed by atoms with Crippen molar-refractivity contribution >= 4 is 17.2 Å². The van der Waals surface area contributed by atoms with Crippen LogP contribution >= 0.6 is 11.3 Å². The maximum absolute atomic E-state index is 11.7. The van der Waals surface area contributed by atoms with E-state index in [-0.39, 0.29) is 18.0 Å². The third-order valence-electron chi connectivity index (χ3n) is 3.06. The molecule has 1 heterocycles. The van der Waals surface area contributed by atoms with Crippen molar-refractivity contribution in [2.75, 3.05) is 7.05 Å². The summed E-state index contributed by atoms with van der Waals surface area (Å²) in [7, 11) is 1.97. The molecule has 0 radical (unpaired) electrons.